The number of aliphatic hydroxyl groups is 4. The predicted molar refractivity (Wildman–Crippen MR) is 111 cm³/mol. The molecular weight excluding hydrogens is 424 g/mol. The lowest BCUT2D eigenvalue weighted by atomic mass is 9.94. The Kier molecular flexibility index (Phi) is 5.95. The summed E-state index contributed by atoms with van der Waals surface area (Å²) in [6.07, 6.45) is -7.17. The third kappa shape index (κ3) is 3.76. The van der Waals surface area contributed by atoms with Gasteiger partial charge in [-0.1, -0.05) is 0 Å². The van der Waals surface area contributed by atoms with Gasteiger partial charge in [0, 0.05) is 24.1 Å². The van der Waals surface area contributed by atoms with Gasteiger partial charge in [0.25, 0.3) is 0 Å². The van der Waals surface area contributed by atoms with E-state index in [4.69, 9.17) is 23.4 Å². The van der Waals surface area contributed by atoms with Crippen molar-refractivity contribution in [3.63, 3.8) is 0 Å². The van der Waals surface area contributed by atoms with Gasteiger partial charge in [0.15, 0.2) is 11.7 Å². The Morgan fingerprint density at radius 3 is 2.53 bits per heavy atom. The molecule has 3 heterocycles. The van der Waals surface area contributed by atoms with Crippen LogP contribution in [0.15, 0.2) is 21.3 Å². The second-order valence-electron chi connectivity index (χ2n) is 8.71. The molecule has 1 aromatic carbocycles. The molecule has 2 aromatic rings. The lowest BCUT2D eigenvalue weighted by Crippen LogP contribution is -2.61. The van der Waals surface area contributed by atoms with Crippen molar-refractivity contribution in [1.82, 2.24) is 0 Å². The molecule has 2 aliphatic heterocycles. The van der Waals surface area contributed by atoms with Crippen LogP contribution in [-0.2, 0) is 15.9 Å². The second kappa shape index (κ2) is 8.29. The zero-order valence-electron chi connectivity index (χ0n) is 18.3. The fraction of sp³-hybridized carbons (Fsp3) is 0.591. The van der Waals surface area contributed by atoms with E-state index in [-0.39, 0.29) is 5.43 Å². The third-order valence-electron chi connectivity index (χ3n) is 6.07. The van der Waals surface area contributed by atoms with Crippen LogP contribution in [0, 0.1) is 6.92 Å². The number of hydrogen-bond donors (Lipinski definition) is 4. The van der Waals surface area contributed by atoms with Crippen LogP contribution >= 0.6 is 0 Å². The Balaban J connectivity index is 1.62. The summed E-state index contributed by atoms with van der Waals surface area (Å²) in [7, 11) is 1.47. The van der Waals surface area contributed by atoms with Gasteiger partial charge in [0.1, 0.15) is 64.3 Å². The van der Waals surface area contributed by atoms with Crippen molar-refractivity contribution < 1.29 is 43.8 Å². The highest BCUT2D eigenvalue weighted by Crippen LogP contribution is 2.44. The summed E-state index contributed by atoms with van der Waals surface area (Å²) in [5.41, 5.74) is -0.230. The van der Waals surface area contributed by atoms with Gasteiger partial charge in [-0.05, 0) is 20.8 Å². The molecular formula is C22H28O10. The van der Waals surface area contributed by atoms with Gasteiger partial charge >= 0.3 is 0 Å². The van der Waals surface area contributed by atoms with Crippen molar-refractivity contribution in [3.8, 4) is 11.5 Å². The van der Waals surface area contributed by atoms with Crippen molar-refractivity contribution in [2.24, 2.45) is 0 Å². The summed E-state index contributed by atoms with van der Waals surface area (Å²) >= 11 is 0. The minimum Gasteiger partial charge on any atom is -0.495 e. The maximum Gasteiger partial charge on any atom is 0.196 e. The van der Waals surface area contributed by atoms with Gasteiger partial charge in [-0.3, -0.25) is 4.79 Å². The fourth-order valence-electron chi connectivity index (χ4n) is 4.26. The molecule has 0 amide bonds. The average Bonchev–Trinajstić information content (AvgIpc) is 3.17. The van der Waals surface area contributed by atoms with E-state index in [1.165, 1.54) is 13.2 Å². The molecule has 32 heavy (non-hydrogen) atoms. The first-order valence-electron chi connectivity index (χ1n) is 10.4. The summed E-state index contributed by atoms with van der Waals surface area (Å²) in [6.45, 7) is 4.58. The number of ether oxygens (including phenoxy) is 4. The Hall–Kier alpha value is -2.21. The van der Waals surface area contributed by atoms with Crippen LogP contribution in [0.2, 0.25) is 0 Å². The Bertz CT molecular complexity index is 1060. The molecule has 4 rings (SSSR count). The zero-order valence-corrected chi connectivity index (χ0v) is 18.3. The highest BCUT2D eigenvalue weighted by atomic mass is 16.7. The van der Waals surface area contributed by atoms with Crippen molar-refractivity contribution in [1.29, 1.82) is 0 Å². The average molecular weight is 452 g/mol. The summed E-state index contributed by atoms with van der Waals surface area (Å²) in [5.74, 6) is 1.32. The molecule has 4 N–H and O–H groups in total. The maximum atomic E-state index is 12.6. The molecule has 1 aromatic heterocycles. The van der Waals surface area contributed by atoms with Crippen molar-refractivity contribution in [2.75, 3.05) is 13.7 Å². The largest absolute Gasteiger partial charge is 0.495 e. The summed E-state index contributed by atoms with van der Waals surface area (Å²) in [5, 5.41) is 40.1. The summed E-state index contributed by atoms with van der Waals surface area (Å²) < 4.78 is 28.8. The molecule has 0 unspecified atom stereocenters. The molecule has 0 spiro atoms. The zero-order chi connectivity index (χ0) is 23.4. The van der Waals surface area contributed by atoms with Crippen LogP contribution in [0.1, 0.15) is 25.2 Å². The second-order valence-corrected chi connectivity index (χ2v) is 8.71. The van der Waals surface area contributed by atoms with Crippen LogP contribution in [0.5, 0.6) is 11.5 Å². The van der Waals surface area contributed by atoms with E-state index in [0.29, 0.717) is 40.2 Å². The standard InChI is InChI=1S/C22H28O10/c1-9-5-11(24)16-13(29-9)7-12-10(20(16)28-4)6-15(30-12)22(2,3)32-21-19(27)18(26)17(25)14(8-23)31-21/h5,7,14-15,17-19,21,23,25-27H,6,8H2,1-4H3/t14-,15+,17-,18+,19-,21+/m0/s1. The van der Waals surface area contributed by atoms with Crippen LogP contribution < -0.4 is 14.9 Å². The molecule has 10 heteroatoms. The van der Waals surface area contributed by atoms with E-state index in [0.717, 1.165) is 0 Å². The molecule has 0 bridgehead atoms. The molecule has 0 aliphatic carbocycles. The minimum atomic E-state index is -1.55. The fourth-order valence-corrected chi connectivity index (χ4v) is 4.26. The maximum absolute atomic E-state index is 12.6. The number of aryl methyl sites for hydroxylation is 1. The van der Waals surface area contributed by atoms with Crippen LogP contribution in [0.25, 0.3) is 11.0 Å². The highest BCUT2D eigenvalue weighted by molar-refractivity contribution is 5.87. The van der Waals surface area contributed by atoms with Crippen molar-refractivity contribution in [2.45, 2.75) is 69.6 Å². The normalized spacial score (nSPS) is 30.2. The number of benzene rings is 1. The van der Waals surface area contributed by atoms with Crippen LogP contribution in [-0.4, -0.2) is 76.6 Å². The Morgan fingerprint density at radius 1 is 1.16 bits per heavy atom. The molecule has 2 aliphatic rings. The summed E-state index contributed by atoms with van der Waals surface area (Å²) in [4.78, 5) is 12.6. The van der Waals surface area contributed by atoms with Crippen molar-refractivity contribution >= 4 is 11.0 Å². The van der Waals surface area contributed by atoms with E-state index >= 15 is 0 Å². The molecule has 1 fully saturated rings. The van der Waals surface area contributed by atoms with E-state index in [2.05, 4.69) is 0 Å². The topological polar surface area (TPSA) is 148 Å². The molecule has 0 radical (unpaired) electrons. The number of methoxy groups -OCH3 is 1. The van der Waals surface area contributed by atoms with E-state index in [9.17, 15) is 25.2 Å². The molecule has 10 nitrogen and oxygen atoms in total. The smallest absolute Gasteiger partial charge is 0.196 e. The first-order valence-corrected chi connectivity index (χ1v) is 10.4. The van der Waals surface area contributed by atoms with Gasteiger partial charge in [0.05, 0.1) is 13.7 Å². The molecule has 6 atom stereocenters. The van der Waals surface area contributed by atoms with Crippen molar-refractivity contribution in [3.05, 3.63) is 33.7 Å². The third-order valence-corrected chi connectivity index (χ3v) is 6.07. The molecule has 0 saturated carbocycles. The Labute approximate surface area is 183 Å². The van der Waals surface area contributed by atoms with Gasteiger partial charge in [0.2, 0.25) is 0 Å². The van der Waals surface area contributed by atoms with E-state index in [1.807, 2.05) is 0 Å². The minimum absolute atomic E-state index is 0.219. The molecule has 176 valence electrons. The summed E-state index contributed by atoms with van der Waals surface area (Å²) in [6, 6.07) is 3.04. The first kappa shape index (κ1) is 23.0. The predicted octanol–water partition coefficient (Wildman–Crippen LogP) is 0.00862. The van der Waals surface area contributed by atoms with Gasteiger partial charge in [-0.2, -0.15) is 0 Å². The molecule has 1 saturated heterocycles. The lowest BCUT2D eigenvalue weighted by Gasteiger charge is -2.43. The highest BCUT2D eigenvalue weighted by Gasteiger charge is 2.48. The number of hydrogen-bond acceptors (Lipinski definition) is 10. The SMILES string of the molecule is COc1c2c(cc3oc(C)cc(=O)c13)O[C@@H](C(C)(C)O[C@H]1O[C@@H](CO)[C@H](O)[C@@H](O)[C@@H]1O)C2. The van der Waals surface area contributed by atoms with Gasteiger partial charge < -0.3 is 43.8 Å². The number of fused-ring (bicyclic) bond motifs is 2. The van der Waals surface area contributed by atoms with E-state index in [1.54, 1.807) is 26.8 Å². The Morgan fingerprint density at radius 2 is 1.88 bits per heavy atom. The van der Waals surface area contributed by atoms with Crippen LogP contribution in [0.4, 0.5) is 0 Å². The van der Waals surface area contributed by atoms with Gasteiger partial charge in [-0.15, -0.1) is 0 Å². The quantitative estimate of drug-likeness (QED) is 0.489. The first-order chi connectivity index (χ1) is 15.1. The van der Waals surface area contributed by atoms with E-state index < -0.39 is 49.0 Å². The monoisotopic (exact) mass is 452 g/mol. The lowest BCUT2D eigenvalue weighted by molar-refractivity contribution is -0.329. The van der Waals surface area contributed by atoms with Crippen LogP contribution in [0.3, 0.4) is 0 Å². The number of rotatable bonds is 5. The number of aliphatic hydroxyl groups excluding tert-OH is 4. The van der Waals surface area contributed by atoms with Gasteiger partial charge in [-0.25, -0.2) is 0 Å².